The average molecular weight is 257 g/mol. The molecule has 0 aliphatic heterocycles. The molecule has 19 heavy (non-hydrogen) atoms. The highest BCUT2D eigenvalue weighted by Crippen LogP contribution is 2.15. The van der Waals surface area contributed by atoms with Crippen LogP contribution in [-0.4, -0.2) is 17.9 Å². The summed E-state index contributed by atoms with van der Waals surface area (Å²) in [6, 6.07) is 10.3. The number of carbonyl (C=O) groups is 1. The standard InChI is InChI=1S/C14H15N3O2/c1-17(12-4-2-10(9-15)3-5-12)14(19)11-6-7-16-13(18)8-11/h2-8H,9,15H2,1H3,(H,16,18). The summed E-state index contributed by atoms with van der Waals surface area (Å²) in [4.78, 5) is 27.4. The number of anilines is 1. The molecule has 2 aromatic rings. The molecule has 0 radical (unpaired) electrons. The van der Waals surface area contributed by atoms with Crippen molar-refractivity contribution in [2.45, 2.75) is 6.54 Å². The van der Waals surface area contributed by atoms with Crippen LogP contribution in [0.3, 0.4) is 0 Å². The molecule has 1 heterocycles. The number of benzene rings is 1. The lowest BCUT2D eigenvalue weighted by molar-refractivity contribution is 0.0993. The molecule has 0 atom stereocenters. The summed E-state index contributed by atoms with van der Waals surface area (Å²) in [6.07, 6.45) is 1.46. The molecular weight excluding hydrogens is 242 g/mol. The van der Waals surface area contributed by atoms with Crippen molar-refractivity contribution in [1.29, 1.82) is 0 Å². The maximum atomic E-state index is 12.2. The molecule has 5 heteroatoms. The minimum atomic E-state index is -0.294. The van der Waals surface area contributed by atoms with Crippen molar-refractivity contribution in [3.8, 4) is 0 Å². The zero-order chi connectivity index (χ0) is 13.8. The summed E-state index contributed by atoms with van der Waals surface area (Å²) >= 11 is 0. The van der Waals surface area contributed by atoms with Crippen molar-refractivity contribution in [1.82, 2.24) is 4.98 Å². The molecule has 3 N–H and O–H groups in total. The lowest BCUT2D eigenvalue weighted by atomic mass is 10.2. The number of H-pyrrole nitrogens is 1. The summed E-state index contributed by atoms with van der Waals surface area (Å²) in [5.41, 5.74) is 7.34. The number of aromatic nitrogens is 1. The van der Waals surface area contributed by atoms with Gasteiger partial charge in [0.05, 0.1) is 0 Å². The summed E-state index contributed by atoms with van der Waals surface area (Å²) < 4.78 is 0. The Bertz CT molecular complexity index is 632. The topological polar surface area (TPSA) is 79.2 Å². The van der Waals surface area contributed by atoms with Gasteiger partial charge in [-0.25, -0.2) is 0 Å². The Hall–Kier alpha value is -2.40. The van der Waals surface area contributed by atoms with Crippen molar-refractivity contribution in [3.63, 3.8) is 0 Å². The maximum Gasteiger partial charge on any atom is 0.258 e. The highest BCUT2D eigenvalue weighted by molar-refractivity contribution is 6.05. The van der Waals surface area contributed by atoms with E-state index in [9.17, 15) is 9.59 Å². The van der Waals surface area contributed by atoms with Crippen LogP contribution in [0.25, 0.3) is 0 Å². The van der Waals surface area contributed by atoms with E-state index < -0.39 is 0 Å². The molecule has 0 saturated carbocycles. The average Bonchev–Trinajstić information content (AvgIpc) is 2.46. The molecule has 0 fully saturated rings. The number of carbonyl (C=O) groups excluding carboxylic acids is 1. The van der Waals surface area contributed by atoms with Gasteiger partial charge in [-0.3, -0.25) is 9.59 Å². The van der Waals surface area contributed by atoms with E-state index >= 15 is 0 Å². The van der Waals surface area contributed by atoms with Gasteiger partial charge in [-0.15, -0.1) is 0 Å². The monoisotopic (exact) mass is 257 g/mol. The van der Waals surface area contributed by atoms with Crippen molar-refractivity contribution < 1.29 is 4.79 Å². The summed E-state index contributed by atoms with van der Waals surface area (Å²) in [5.74, 6) is -0.230. The fourth-order valence-corrected chi connectivity index (χ4v) is 1.74. The van der Waals surface area contributed by atoms with Crippen LogP contribution in [0.4, 0.5) is 5.69 Å². The minimum Gasteiger partial charge on any atom is -0.329 e. The van der Waals surface area contributed by atoms with Crippen LogP contribution < -0.4 is 16.2 Å². The Labute approximate surface area is 110 Å². The quantitative estimate of drug-likeness (QED) is 0.864. The van der Waals surface area contributed by atoms with Crippen LogP contribution >= 0.6 is 0 Å². The van der Waals surface area contributed by atoms with E-state index in [2.05, 4.69) is 4.98 Å². The molecule has 0 aliphatic rings. The van der Waals surface area contributed by atoms with Crippen LogP contribution in [0.1, 0.15) is 15.9 Å². The number of nitrogens with two attached hydrogens (primary N) is 1. The van der Waals surface area contributed by atoms with E-state index in [4.69, 9.17) is 5.73 Å². The molecule has 0 spiro atoms. The molecule has 0 unspecified atom stereocenters. The van der Waals surface area contributed by atoms with E-state index in [1.165, 1.54) is 17.2 Å². The first kappa shape index (κ1) is 13.0. The molecule has 0 bridgehead atoms. The summed E-state index contributed by atoms with van der Waals surface area (Å²) in [5, 5.41) is 0. The number of hydrogen-bond donors (Lipinski definition) is 2. The lowest BCUT2D eigenvalue weighted by Gasteiger charge is -2.17. The van der Waals surface area contributed by atoms with Gasteiger partial charge in [0, 0.05) is 37.1 Å². The minimum absolute atomic E-state index is 0.230. The lowest BCUT2D eigenvalue weighted by Crippen LogP contribution is -2.27. The van der Waals surface area contributed by atoms with Gasteiger partial charge in [0.25, 0.3) is 5.91 Å². The van der Waals surface area contributed by atoms with Crippen LogP contribution in [0.15, 0.2) is 47.4 Å². The molecule has 1 aromatic heterocycles. The molecule has 5 nitrogen and oxygen atoms in total. The third kappa shape index (κ3) is 2.89. The second-order valence-corrected chi connectivity index (χ2v) is 4.18. The van der Waals surface area contributed by atoms with Gasteiger partial charge in [0.1, 0.15) is 0 Å². The molecule has 2 rings (SSSR count). The van der Waals surface area contributed by atoms with Crippen LogP contribution in [-0.2, 0) is 6.54 Å². The normalized spacial score (nSPS) is 10.2. The molecule has 1 aromatic carbocycles. The van der Waals surface area contributed by atoms with E-state index in [1.807, 2.05) is 24.3 Å². The predicted octanol–water partition coefficient (Wildman–Crippen LogP) is 1.11. The van der Waals surface area contributed by atoms with Gasteiger partial charge in [0.15, 0.2) is 0 Å². The van der Waals surface area contributed by atoms with Crippen molar-refractivity contribution in [3.05, 3.63) is 64.1 Å². The fraction of sp³-hybridized carbons (Fsp3) is 0.143. The number of nitrogens with zero attached hydrogens (tertiary/aromatic N) is 1. The first-order chi connectivity index (χ1) is 9.11. The number of hydrogen-bond acceptors (Lipinski definition) is 3. The van der Waals surface area contributed by atoms with Gasteiger partial charge < -0.3 is 15.6 Å². The van der Waals surface area contributed by atoms with Crippen LogP contribution in [0.2, 0.25) is 0 Å². The van der Waals surface area contributed by atoms with Gasteiger partial charge in [-0.2, -0.15) is 0 Å². The Balaban J connectivity index is 2.25. The Morgan fingerprint density at radius 2 is 1.95 bits per heavy atom. The number of pyridine rings is 1. The Kier molecular flexibility index (Phi) is 3.77. The zero-order valence-electron chi connectivity index (χ0n) is 10.6. The largest absolute Gasteiger partial charge is 0.329 e. The van der Waals surface area contributed by atoms with Gasteiger partial charge in [-0.05, 0) is 23.8 Å². The molecule has 0 saturated heterocycles. The van der Waals surface area contributed by atoms with Crippen LogP contribution in [0.5, 0.6) is 0 Å². The van der Waals surface area contributed by atoms with E-state index in [1.54, 1.807) is 13.1 Å². The van der Waals surface area contributed by atoms with E-state index in [-0.39, 0.29) is 11.5 Å². The van der Waals surface area contributed by atoms with E-state index in [0.717, 1.165) is 11.3 Å². The first-order valence-corrected chi connectivity index (χ1v) is 5.87. The number of nitrogens with one attached hydrogen (secondary N) is 1. The first-order valence-electron chi connectivity index (χ1n) is 5.87. The molecule has 98 valence electrons. The van der Waals surface area contributed by atoms with Crippen LogP contribution in [0, 0.1) is 0 Å². The highest BCUT2D eigenvalue weighted by Gasteiger charge is 2.13. The summed E-state index contributed by atoms with van der Waals surface area (Å²) in [6.45, 7) is 0.464. The Morgan fingerprint density at radius 3 is 2.53 bits per heavy atom. The van der Waals surface area contributed by atoms with Crippen molar-refractivity contribution in [2.75, 3.05) is 11.9 Å². The van der Waals surface area contributed by atoms with Crippen molar-refractivity contribution in [2.24, 2.45) is 5.73 Å². The van der Waals surface area contributed by atoms with Crippen molar-refractivity contribution >= 4 is 11.6 Å². The van der Waals surface area contributed by atoms with Gasteiger partial charge in [-0.1, -0.05) is 12.1 Å². The second-order valence-electron chi connectivity index (χ2n) is 4.18. The fourth-order valence-electron chi connectivity index (χ4n) is 1.74. The number of amides is 1. The van der Waals surface area contributed by atoms with Gasteiger partial charge in [0.2, 0.25) is 5.56 Å². The molecule has 1 amide bonds. The number of aromatic amines is 1. The Morgan fingerprint density at radius 1 is 1.26 bits per heavy atom. The zero-order valence-corrected chi connectivity index (χ0v) is 10.6. The molecular formula is C14H15N3O2. The second kappa shape index (κ2) is 5.49. The highest BCUT2D eigenvalue weighted by atomic mass is 16.2. The third-order valence-corrected chi connectivity index (χ3v) is 2.89. The maximum absolute atomic E-state index is 12.2. The van der Waals surface area contributed by atoms with E-state index in [0.29, 0.717) is 12.1 Å². The number of rotatable bonds is 3. The summed E-state index contributed by atoms with van der Waals surface area (Å²) in [7, 11) is 1.67. The van der Waals surface area contributed by atoms with Gasteiger partial charge >= 0.3 is 0 Å². The molecule has 0 aliphatic carbocycles. The third-order valence-electron chi connectivity index (χ3n) is 2.89. The smallest absolute Gasteiger partial charge is 0.258 e. The SMILES string of the molecule is CN(C(=O)c1cc[nH]c(=O)c1)c1ccc(CN)cc1. The predicted molar refractivity (Wildman–Crippen MR) is 74.1 cm³/mol.